The molecule has 0 aromatic heterocycles. The number of carbonyl (C=O) groups excluding carboxylic acids is 2. The summed E-state index contributed by atoms with van der Waals surface area (Å²) >= 11 is 4.23. The first-order valence-electron chi connectivity index (χ1n) is 7.50. The Bertz CT molecular complexity index is 299. The highest BCUT2D eigenvalue weighted by Crippen LogP contribution is 2.23. The number of hydrogen-bond acceptors (Lipinski definition) is 3. The van der Waals surface area contributed by atoms with E-state index in [0.717, 1.165) is 57.4 Å². The van der Waals surface area contributed by atoms with Crippen LogP contribution in [-0.2, 0) is 9.59 Å². The van der Waals surface area contributed by atoms with Crippen LogP contribution in [0.25, 0.3) is 0 Å². The van der Waals surface area contributed by atoms with Gasteiger partial charge < -0.3 is 4.90 Å². The van der Waals surface area contributed by atoms with Crippen molar-refractivity contribution in [3.05, 3.63) is 0 Å². The molecule has 1 aliphatic heterocycles. The van der Waals surface area contributed by atoms with Crippen molar-refractivity contribution < 1.29 is 9.59 Å². The molecule has 4 heteroatoms. The van der Waals surface area contributed by atoms with Crippen LogP contribution in [0.15, 0.2) is 0 Å². The number of piperidine rings is 1. The molecule has 1 unspecified atom stereocenters. The van der Waals surface area contributed by atoms with Crippen LogP contribution in [-0.4, -0.2) is 35.4 Å². The van der Waals surface area contributed by atoms with E-state index in [0.29, 0.717) is 5.91 Å². The average Bonchev–Trinajstić information content (AvgIpc) is 2.42. The van der Waals surface area contributed by atoms with Crippen LogP contribution >= 0.6 is 12.6 Å². The van der Waals surface area contributed by atoms with Gasteiger partial charge in [0.1, 0.15) is 5.78 Å². The van der Waals surface area contributed by atoms with Gasteiger partial charge in [-0.25, -0.2) is 0 Å². The summed E-state index contributed by atoms with van der Waals surface area (Å²) in [5, 5.41) is 0. The summed E-state index contributed by atoms with van der Waals surface area (Å²) < 4.78 is 0. The van der Waals surface area contributed by atoms with Gasteiger partial charge in [0.25, 0.3) is 0 Å². The van der Waals surface area contributed by atoms with Crippen molar-refractivity contribution in [2.24, 2.45) is 11.8 Å². The van der Waals surface area contributed by atoms with Crippen molar-refractivity contribution >= 4 is 24.3 Å². The number of ketones is 1. The van der Waals surface area contributed by atoms with E-state index in [9.17, 15) is 9.59 Å². The predicted octanol–water partition coefficient (Wildman–Crippen LogP) is 2.94. The molecule has 1 saturated heterocycles. The average molecular weight is 285 g/mol. The Morgan fingerprint density at radius 3 is 2.37 bits per heavy atom. The van der Waals surface area contributed by atoms with Gasteiger partial charge in [0.05, 0.1) is 0 Å². The maximum absolute atomic E-state index is 12.5. The summed E-state index contributed by atoms with van der Waals surface area (Å²) in [5.41, 5.74) is 0. The van der Waals surface area contributed by atoms with Crippen molar-refractivity contribution in [3.8, 4) is 0 Å². The van der Waals surface area contributed by atoms with E-state index < -0.39 is 0 Å². The van der Waals surface area contributed by atoms with E-state index >= 15 is 0 Å². The smallest absolute Gasteiger partial charge is 0.225 e. The van der Waals surface area contributed by atoms with Gasteiger partial charge in [0.15, 0.2) is 0 Å². The molecule has 3 nitrogen and oxygen atoms in total. The Hall–Kier alpha value is -0.510. The van der Waals surface area contributed by atoms with E-state index in [-0.39, 0.29) is 17.6 Å². The fourth-order valence-electron chi connectivity index (χ4n) is 2.84. The molecule has 0 aromatic carbocycles. The van der Waals surface area contributed by atoms with E-state index in [1.807, 2.05) is 4.90 Å². The number of hydrogen-bond donors (Lipinski definition) is 1. The van der Waals surface area contributed by atoms with Crippen LogP contribution in [0.5, 0.6) is 0 Å². The Morgan fingerprint density at radius 1 is 1.26 bits per heavy atom. The minimum absolute atomic E-state index is 0.158. The van der Waals surface area contributed by atoms with Gasteiger partial charge in [-0.1, -0.05) is 13.3 Å². The molecule has 1 aliphatic rings. The Kier molecular flexibility index (Phi) is 7.51. The molecule has 19 heavy (non-hydrogen) atoms. The molecule has 1 amide bonds. The van der Waals surface area contributed by atoms with Gasteiger partial charge >= 0.3 is 0 Å². The molecule has 1 rings (SSSR count). The topological polar surface area (TPSA) is 37.4 Å². The molecular weight excluding hydrogens is 258 g/mol. The van der Waals surface area contributed by atoms with Crippen molar-refractivity contribution in [1.29, 1.82) is 0 Å². The number of Topliss-reactive ketones (excluding diaryl/α,β-unsaturated/α-hetero) is 1. The third-order valence-corrected chi connectivity index (χ3v) is 4.39. The number of likely N-dealkylation sites (tertiary alicyclic amines) is 1. The van der Waals surface area contributed by atoms with Crippen LogP contribution in [0.3, 0.4) is 0 Å². The summed E-state index contributed by atoms with van der Waals surface area (Å²) in [5.74, 6) is 1.75. The highest BCUT2D eigenvalue weighted by Gasteiger charge is 2.28. The Morgan fingerprint density at radius 2 is 1.89 bits per heavy atom. The van der Waals surface area contributed by atoms with Crippen LogP contribution < -0.4 is 0 Å². The van der Waals surface area contributed by atoms with Gasteiger partial charge in [-0.2, -0.15) is 12.6 Å². The van der Waals surface area contributed by atoms with Gasteiger partial charge in [0.2, 0.25) is 5.91 Å². The molecular formula is C15H27NO2S. The third-order valence-electron chi connectivity index (χ3n) is 4.08. The van der Waals surface area contributed by atoms with E-state index in [2.05, 4.69) is 19.6 Å². The fraction of sp³-hybridized carbons (Fsp3) is 0.867. The molecule has 1 fully saturated rings. The maximum Gasteiger partial charge on any atom is 0.225 e. The molecule has 0 aliphatic carbocycles. The van der Waals surface area contributed by atoms with Crippen LogP contribution in [0.1, 0.15) is 52.4 Å². The van der Waals surface area contributed by atoms with Crippen LogP contribution in [0.2, 0.25) is 0 Å². The van der Waals surface area contributed by atoms with E-state index in [1.165, 1.54) is 0 Å². The summed E-state index contributed by atoms with van der Waals surface area (Å²) in [4.78, 5) is 25.8. The van der Waals surface area contributed by atoms with Crippen molar-refractivity contribution in [3.63, 3.8) is 0 Å². The lowest BCUT2D eigenvalue weighted by Crippen LogP contribution is -2.42. The number of rotatable bonds is 7. The van der Waals surface area contributed by atoms with Crippen LogP contribution in [0.4, 0.5) is 0 Å². The standard InChI is InChI=1S/C15H27NO2S/c1-3-5-14(6-4-11-19)15(18)16-9-7-13(8-10-16)12(2)17/h13-14,19H,3-11H2,1-2H3. The minimum atomic E-state index is 0.158. The second kappa shape index (κ2) is 8.62. The maximum atomic E-state index is 12.5. The predicted molar refractivity (Wildman–Crippen MR) is 81.5 cm³/mol. The molecule has 0 N–H and O–H groups in total. The lowest BCUT2D eigenvalue weighted by Gasteiger charge is -2.33. The Labute approximate surface area is 122 Å². The third kappa shape index (κ3) is 5.17. The van der Waals surface area contributed by atoms with Gasteiger partial charge in [-0.15, -0.1) is 0 Å². The zero-order valence-corrected chi connectivity index (χ0v) is 13.1. The molecule has 0 spiro atoms. The first-order valence-corrected chi connectivity index (χ1v) is 8.13. The fourth-order valence-corrected chi connectivity index (χ4v) is 3.02. The van der Waals surface area contributed by atoms with Crippen molar-refractivity contribution in [2.45, 2.75) is 52.4 Å². The van der Waals surface area contributed by atoms with Crippen molar-refractivity contribution in [1.82, 2.24) is 4.90 Å². The second-order valence-corrected chi connectivity index (χ2v) is 6.01. The first kappa shape index (κ1) is 16.5. The van der Waals surface area contributed by atoms with E-state index in [4.69, 9.17) is 0 Å². The zero-order chi connectivity index (χ0) is 14.3. The zero-order valence-electron chi connectivity index (χ0n) is 12.2. The largest absolute Gasteiger partial charge is 0.342 e. The monoisotopic (exact) mass is 285 g/mol. The normalized spacial score (nSPS) is 18.4. The summed E-state index contributed by atoms with van der Waals surface area (Å²) in [6.45, 7) is 5.30. The summed E-state index contributed by atoms with van der Waals surface area (Å²) in [6.07, 6.45) is 5.65. The number of amides is 1. The number of nitrogens with zero attached hydrogens (tertiary/aromatic N) is 1. The highest BCUT2D eigenvalue weighted by atomic mass is 32.1. The lowest BCUT2D eigenvalue weighted by atomic mass is 9.91. The van der Waals surface area contributed by atoms with E-state index in [1.54, 1.807) is 6.92 Å². The van der Waals surface area contributed by atoms with Gasteiger partial charge in [-0.3, -0.25) is 9.59 Å². The lowest BCUT2D eigenvalue weighted by molar-refractivity contribution is -0.139. The highest BCUT2D eigenvalue weighted by molar-refractivity contribution is 7.80. The van der Waals surface area contributed by atoms with Crippen molar-refractivity contribution in [2.75, 3.05) is 18.8 Å². The molecule has 1 atom stereocenters. The molecule has 0 aromatic rings. The van der Waals surface area contributed by atoms with Gasteiger partial charge in [-0.05, 0) is 44.8 Å². The quantitative estimate of drug-likeness (QED) is 0.730. The molecule has 0 saturated carbocycles. The molecule has 110 valence electrons. The molecule has 0 bridgehead atoms. The first-order chi connectivity index (χ1) is 9.10. The summed E-state index contributed by atoms with van der Waals surface area (Å²) in [7, 11) is 0. The Balaban J connectivity index is 2.48. The van der Waals surface area contributed by atoms with Gasteiger partial charge in [0, 0.05) is 24.9 Å². The number of carbonyl (C=O) groups is 2. The molecule has 1 heterocycles. The minimum Gasteiger partial charge on any atom is -0.342 e. The number of thiol groups is 1. The SMILES string of the molecule is CCCC(CCCS)C(=O)N1CCC(C(C)=O)CC1. The molecule has 0 radical (unpaired) electrons. The summed E-state index contributed by atoms with van der Waals surface area (Å²) in [6, 6.07) is 0. The second-order valence-electron chi connectivity index (χ2n) is 5.56. The van der Waals surface area contributed by atoms with Crippen LogP contribution in [0, 0.1) is 11.8 Å².